The Bertz CT molecular complexity index is 1440. The Hall–Kier alpha value is -3.85. The van der Waals surface area contributed by atoms with Crippen LogP contribution in [-0.4, -0.2) is 63.9 Å². The lowest BCUT2D eigenvalue weighted by Gasteiger charge is -2.38. The minimum atomic E-state index is -0.619. The van der Waals surface area contributed by atoms with Crippen molar-refractivity contribution in [1.82, 2.24) is 25.2 Å². The summed E-state index contributed by atoms with van der Waals surface area (Å²) in [7, 11) is 1.86. The van der Waals surface area contributed by atoms with E-state index in [0.29, 0.717) is 35.3 Å². The minimum absolute atomic E-state index is 0.0592. The number of hydrogen-bond acceptors (Lipinski definition) is 7. The van der Waals surface area contributed by atoms with Gasteiger partial charge in [0.2, 0.25) is 5.95 Å². The van der Waals surface area contributed by atoms with E-state index in [0.717, 1.165) is 41.4 Å². The van der Waals surface area contributed by atoms with Gasteiger partial charge >= 0.3 is 6.09 Å². The lowest BCUT2D eigenvalue weighted by atomic mass is 9.90. The molecular weight excluding hydrogens is 538 g/mol. The third-order valence-electron chi connectivity index (χ3n) is 7.09. The predicted molar refractivity (Wildman–Crippen MR) is 167 cm³/mol. The number of hydrogen-bond donors (Lipinski definition) is 3. The number of aromatic amines is 1. The van der Waals surface area contributed by atoms with Crippen LogP contribution in [-0.2, 0) is 4.74 Å². The van der Waals surface area contributed by atoms with Gasteiger partial charge in [0.1, 0.15) is 5.60 Å². The predicted octanol–water partition coefficient (Wildman–Crippen LogP) is 6.95. The van der Waals surface area contributed by atoms with Crippen molar-refractivity contribution in [1.29, 1.82) is 0 Å². The summed E-state index contributed by atoms with van der Waals surface area (Å²) in [5, 5.41) is 8.12. The van der Waals surface area contributed by atoms with Gasteiger partial charge in [0, 0.05) is 47.5 Å². The lowest BCUT2D eigenvalue weighted by molar-refractivity contribution is 0.0140. The number of para-hydroxylation sites is 1. The maximum atomic E-state index is 13.4. The molecule has 1 saturated carbocycles. The Morgan fingerprint density at radius 1 is 1.29 bits per heavy atom. The summed E-state index contributed by atoms with van der Waals surface area (Å²) in [5.74, 6) is 0.505. The Kier molecular flexibility index (Phi) is 9.70. The smallest absolute Gasteiger partial charge is 0.410 e. The fourth-order valence-electron chi connectivity index (χ4n) is 4.95. The van der Waals surface area contributed by atoms with Crippen LogP contribution < -0.4 is 10.6 Å². The molecular formula is C31H40ClN7O2. The second-order valence-corrected chi connectivity index (χ2v) is 11.7. The zero-order valence-corrected chi connectivity index (χ0v) is 25.3. The molecule has 3 N–H and O–H groups in total. The van der Waals surface area contributed by atoms with Crippen LogP contribution in [0, 0.1) is 0 Å². The Balaban J connectivity index is 1.55. The molecule has 1 amide bonds. The number of aliphatic imine (C=N–C) groups is 1. The molecule has 0 aliphatic heterocycles. The van der Waals surface area contributed by atoms with Crippen molar-refractivity contribution >= 4 is 41.3 Å². The average molecular weight is 578 g/mol. The van der Waals surface area contributed by atoms with Crippen LogP contribution in [0.15, 0.2) is 65.2 Å². The van der Waals surface area contributed by atoms with E-state index in [9.17, 15) is 4.79 Å². The topological polar surface area (TPSA) is 108 Å². The van der Waals surface area contributed by atoms with Gasteiger partial charge in [-0.05, 0) is 78.3 Å². The number of benzene rings is 1. The van der Waals surface area contributed by atoms with E-state index >= 15 is 0 Å². The average Bonchev–Trinajstić information content (AvgIpc) is 3.37. The number of allylic oxidation sites excluding steroid dienone is 3. The highest BCUT2D eigenvalue weighted by Gasteiger charge is 2.33. The van der Waals surface area contributed by atoms with Crippen LogP contribution in [0.2, 0.25) is 5.02 Å². The monoisotopic (exact) mass is 577 g/mol. The maximum absolute atomic E-state index is 13.4. The summed E-state index contributed by atoms with van der Waals surface area (Å²) in [5.41, 5.74) is 3.65. The van der Waals surface area contributed by atoms with Crippen molar-refractivity contribution in [3.63, 3.8) is 0 Å². The van der Waals surface area contributed by atoms with Gasteiger partial charge < -0.3 is 20.4 Å². The summed E-state index contributed by atoms with van der Waals surface area (Å²) in [6, 6.07) is 8.04. The molecule has 0 bridgehead atoms. The van der Waals surface area contributed by atoms with Crippen LogP contribution >= 0.6 is 11.6 Å². The first kappa shape index (κ1) is 30.1. The molecule has 2 atom stereocenters. The quantitative estimate of drug-likeness (QED) is 0.188. The number of amides is 1. The molecule has 0 saturated heterocycles. The molecule has 4 rings (SSSR count). The SMILES string of the molecule is C=N/C(=C\C=C(/C)NC)CN(C(=O)OC(C)(C)C)[C@H]1CCC[C@@H](Nc2ncc(Cl)c(-c3c[nH]c4ccccc34)n2)C1. The van der Waals surface area contributed by atoms with Gasteiger partial charge in [-0.2, -0.15) is 0 Å². The van der Waals surface area contributed by atoms with E-state index in [-0.39, 0.29) is 18.2 Å². The first-order valence-corrected chi connectivity index (χ1v) is 14.3. The molecule has 218 valence electrons. The van der Waals surface area contributed by atoms with Crippen molar-refractivity contribution < 1.29 is 9.53 Å². The van der Waals surface area contributed by atoms with Crippen LogP contribution in [0.3, 0.4) is 0 Å². The van der Waals surface area contributed by atoms with E-state index in [1.54, 1.807) is 11.1 Å². The van der Waals surface area contributed by atoms with Crippen molar-refractivity contribution in [2.75, 3.05) is 18.9 Å². The highest BCUT2D eigenvalue weighted by Crippen LogP contribution is 2.33. The molecule has 41 heavy (non-hydrogen) atoms. The highest BCUT2D eigenvalue weighted by molar-refractivity contribution is 6.33. The molecule has 10 heteroatoms. The Morgan fingerprint density at radius 3 is 2.80 bits per heavy atom. The zero-order valence-electron chi connectivity index (χ0n) is 24.5. The number of aromatic nitrogens is 3. The number of nitrogens with zero attached hydrogens (tertiary/aromatic N) is 4. The van der Waals surface area contributed by atoms with Gasteiger partial charge in [0.15, 0.2) is 0 Å². The first-order valence-electron chi connectivity index (χ1n) is 13.9. The molecule has 0 unspecified atom stereocenters. The fourth-order valence-corrected chi connectivity index (χ4v) is 5.14. The summed E-state index contributed by atoms with van der Waals surface area (Å²) < 4.78 is 5.81. The number of nitrogens with one attached hydrogen (secondary N) is 3. The number of fused-ring (bicyclic) bond motifs is 1. The van der Waals surface area contributed by atoms with Gasteiger partial charge in [-0.3, -0.25) is 9.89 Å². The van der Waals surface area contributed by atoms with Gasteiger partial charge in [0.05, 0.1) is 29.2 Å². The van der Waals surface area contributed by atoms with Gasteiger partial charge in [-0.25, -0.2) is 14.8 Å². The number of carbonyl (C=O) groups is 1. The van der Waals surface area contributed by atoms with Gasteiger partial charge in [0.25, 0.3) is 0 Å². The number of halogens is 1. The summed E-state index contributed by atoms with van der Waals surface area (Å²) in [6.07, 6.45) is 10.4. The third kappa shape index (κ3) is 7.88. The summed E-state index contributed by atoms with van der Waals surface area (Å²) >= 11 is 6.55. The van der Waals surface area contributed by atoms with Crippen molar-refractivity contribution in [3.05, 3.63) is 65.2 Å². The van der Waals surface area contributed by atoms with E-state index < -0.39 is 5.60 Å². The molecule has 0 spiro atoms. The van der Waals surface area contributed by atoms with E-state index in [1.807, 2.05) is 77.4 Å². The number of anilines is 1. The van der Waals surface area contributed by atoms with Crippen molar-refractivity contribution in [2.45, 2.75) is 71.1 Å². The number of carbonyl (C=O) groups excluding carboxylic acids is 1. The molecule has 3 aromatic rings. The van der Waals surface area contributed by atoms with E-state index in [1.165, 1.54) is 0 Å². The summed E-state index contributed by atoms with van der Waals surface area (Å²) in [6.45, 7) is 11.6. The van der Waals surface area contributed by atoms with Crippen LogP contribution in [0.25, 0.3) is 22.2 Å². The van der Waals surface area contributed by atoms with Gasteiger partial charge in [-0.15, -0.1) is 0 Å². The molecule has 1 aromatic carbocycles. The van der Waals surface area contributed by atoms with Gasteiger partial charge in [-0.1, -0.05) is 29.8 Å². The Labute approximate surface area is 247 Å². The second kappa shape index (κ2) is 13.2. The Morgan fingerprint density at radius 2 is 2.07 bits per heavy atom. The minimum Gasteiger partial charge on any atom is -0.444 e. The van der Waals surface area contributed by atoms with Crippen molar-refractivity contribution in [2.24, 2.45) is 4.99 Å². The maximum Gasteiger partial charge on any atom is 0.410 e. The van der Waals surface area contributed by atoms with Crippen molar-refractivity contribution in [3.8, 4) is 11.3 Å². The molecule has 2 heterocycles. The summed E-state index contributed by atoms with van der Waals surface area (Å²) in [4.78, 5) is 31.9. The first-order chi connectivity index (χ1) is 19.6. The molecule has 1 aliphatic carbocycles. The lowest BCUT2D eigenvalue weighted by Crippen LogP contribution is -2.48. The molecule has 9 nitrogen and oxygen atoms in total. The normalized spacial score (nSPS) is 18.2. The molecule has 0 radical (unpaired) electrons. The molecule has 2 aromatic heterocycles. The van der Waals surface area contributed by atoms with Crippen LogP contribution in [0.1, 0.15) is 53.4 Å². The molecule has 1 fully saturated rings. The standard InChI is InChI=1S/C31H40ClN7O2/c1-20(33-5)14-15-22(34-6)19-39(30(40)41-31(2,3)4)23-11-9-10-21(16-23)37-29-36-18-26(32)28(38-29)25-17-35-27-13-8-7-12-24(25)27/h7-8,12-15,17-18,21,23,33,35H,6,9-11,16,19H2,1-5H3,(H,36,37,38)/b20-14+,22-15-/t21-,23+/m1/s1. The van der Waals surface area contributed by atoms with E-state index in [2.05, 4.69) is 32.3 Å². The van der Waals surface area contributed by atoms with Crippen LogP contribution in [0.5, 0.6) is 0 Å². The molecule has 1 aliphatic rings. The number of rotatable bonds is 9. The number of ether oxygens (including phenoxy) is 1. The zero-order chi connectivity index (χ0) is 29.6. The number of H-pyrrole nitrogens is 1. The fraction of sp³-hybridized carbons (Fsp3) is 0.419. The highest BCUT2D eigenvalue weighted by atomic mass is 35.5. The third-order valence-corrected chi connectivity index (χ3v) is 7.37. The largest absolute Gasteiger partial charge is 0.444 e. The van der Waals surface area contributed by atoms with Crippen LogP contribution in [0.4, 0.5) is 10.7 Å². The van der Waals surface area contributed by atoms with E-state index in [4.69, 9.17) is 21.3 Å². The second-order valence-electron chi connectivity index (χ2n) is 11.3.